The van der Waals surface area contributed by atoms with E-state index in [-0.39, 0.29) is 11.6 Å². The van der Waals surface area contributed by atoms with Crippen molar-refractivity contribution in [2.45, 2.75) is 39.5 Å². The van der Waals surface area contributed by atoms with E-state index < -0.39 is 0 Å². The zero-order chi connectivity index (χ0) is 17.8. The Morgan fingerprint density at radius 1 is 1.40 bits per heavy atom. The minimum atomic E-state index is 0.0605. The van der Waals surface area contributed by atoms with Crippen LogP contribution in [-0.4, -0.2) is 27.6 Å². The molecule has 2 aromatic rings. The van der Waals surface area contributed by atoms with Gasteiger partial charge in [-0.3, -0.25) is 14.0 Å². The number of nitrogens with zero attached hydrogens (tertiary/aromatic N) is 2. The van der Waals surface area contributed by atoms with Gasteiger partial charge in [0.05, 0.1) is 12.3 Å². The number of ether oxygens (including phenoxy) is 1. The van der Waals surface area contributed by atoms with Crippen LogP contribution in [0.2, 0.25) is 0 Å². The van der Waals surface area contributed by atoms with Gasteiger partial charge in [-0.05, 0) is 50.5 Å². The van der Waals surface area contributed by atoms with Crippen molar-refractivity contribution in [3.05, 3.63) is 53.5 Å². The van der Waals surface area contributed by atoms with E-state index in [0.717, 1.165) is 12.0 Å². The molecule has 1 aliphatic carbocycles. The van der Waals surface area contributed by atoms with E-state index in [9.17, 15) is 9.59 Å². The van der Waals surface area contributed by atoms with Gasteiger partial charge in [0.1, 0.15) is 5.69 Å². The summed E-state index contributed by atoms with van der Waals surface area (Å²) < 4.78 is 7.41. The molecule has 5 nitrogen and oxygen atoms in total. The predicted molar refractivity (Wildman–Crippen MR) is 96.1 cm³/mol. The number of carbonyl (C=O) groups excluding carboxylic acids is 2. The van der Waals surface area contributed by atoms with Crippen LogP contribution in [0.3, 0.4) is 0 Å². The topological polar surface area (TPSA) is 60.7 Å². The van der Waals surface area contributed by atoms with Gasteiger partial charge in [-0.2, -0.15) is 0 Å². The monoisotopic (exact) mass is 338 g/mol. The Kier molecular flexibility index (Phi) is 5.12. The minimum Gasteiger partial charge on any atom is -0.490 e. The van der Waals surface area contributed by atoms with E-state index in [1.54, 1.807) is 6.08 Å². The summed E-state index contributed by atoms with van der Waals surface area (Å²) >= 11 is 0. The molecule has 2 aromatic heterocycles. The highest BCUT2D eigenvalue weighted by Gasteiger charge is 2.18. The third-order valence-corrected chi connectivity index (χ3v) is 4.22. The SMILES string of the molecule is CCOc1cccn2c(C(=O)CCCC3=CC(=O)CC=C3)c(C)nc12. The number of fused-ring (bicyclic) bond motifs is 1. The number of allylic oxidation sites excluding steroid dienone is 4. The van der Waals surface area contributed by atoms with Crippen molar-refractivity contribution in [2.75, 3.05) is 6.61 Å². The molecule has 0 N–H and O–H groups in total. The number of imidazole rings is 1. The summed E-state index contributed by atoms with van der Waals surface area (Å²) in [4.78, 5) is 28.6. The molecular weight excluding hydrogens is 316 g/mol. The van der Waals surface area contributed by atoms with Crippen molar-refractivity contribution in [1.29, 1.82) is 0 Å². The normalized spacial score (nSPS) is 14.0. The Labute approximate surface area is 147 Å². The summed E-state index contributed by atoms with van der Waals surface area (Å²) in [5, 5.41) is 0. The fraction of sp³-hybridized carbons (Fsp3) is 0.350. The van der Waals surface area contributed by atoms with Gasteiger partial charge in [0, 0.05) is 19.0 Å². The molecule has 1 aliphatic rings. The molecule has 130 valence electrons. The van der Waals surface area contributed by atoms with Gasteiger partial charge in [0.2, 0.25) is 0 Å². The van der Waals surface area contributed by atoms with Gasteiger partial charge in [-0.25, -0.2) is 4.98 Å². The van der Waals surface area contributed by atoms with Crippen LogP contribution in [0.1, 0.15) is 48.8 Å². The Morgan fingerprint density at radius 2 is 2.24 bits per heavy atom. The molecule has 0 aromatic carbocycles. The van der Waals surface area contributed by atoms with Gasteiger partial charge < -0.3 is 4.74 Å². The first-order chi connectivity index (χ1) is 12.1. The third-order valence-electron chi connectivity index (χ3n) is 4.22. The molecule has 25 heavy (non-hydrogen) atoms. The van der Waals surface area contributed by atoms with E-state index in [1.165, 1.54) is 0 Å². The predicted octanol–water partition coefficient (Wildman–Crippen LogP) is 3.85. The highest BCUT2D eigenvalue weighted by Crippen LogP contribution is 2.24. The number of hydrogen-bond donors (Lipinski definition) is 0. The second-order valence-corrected chi connectivity index (χ2v) is 6.11. The van der Waals surface area contributed by atoms with E-state index in [1.807, 2.05) is 48.7 Å². The van der Waals surface area contributed by atoms with Crippen molar-refractivity contribution in [3.63, 3.8) is 0 Å². The largest absolute Gasteiger partial charge is 0.490 e. The Bertz CT molecular complexity index is 874. The highest BCUT2D eigenvalue weighted by molar-refractivity contribution is 5.97. The van der Waals surface area contributed by atoms with Crippen LogP contribution >= 0.6 is 0 Å². The summed E-state index contributed by atoms with van der Waals surface area (Å²) in [6, 6.07) is 3.72. The van der Waals surface area contributed by atoms with Crippen molar-refractivity contribution in [3.8, 4) is 5.75 Å². The fourth-order valence-electron chi connectivity index (χ4n) is 3.13. The van der Waals surface area contributed by atoms with Gasteiger partial charge in [0.15, 0.2) is 23.0 Å². The van der Waals surface area contributed by atoms with E-state index in [2.05, 4.69) is 4.98 Å². The number of rotatable bonds is 7. The summed E-state index contributed by atoms with van der Waals surface area (Å²) in [6.45, 7) is 4.32. The zero-order valence-corrected chi connectivity index (χ0v) is 14.6. The number of pyridine rings is 1. The summed E-state index contributed by atoms with van der Waals surface area (Å²) in [7, 11) is 0. The molecule has 0 unspecified atom stereocenters. The number of ketones is 2. The lowest BCUT2D eigenvalue weighted by molar-refractivity contribution is -0.113. The lowest BCUT2D eigenvalue weighted by Crippen LogP contribution is -2.06. The number of aromatic nitrogens is 2. The maximum atomic E-state index is 12.7. The lowest BCUT2D eigenvalue weighted by Gasteiger charge is -2.07. The summed E-state index contributed by atoms with van der Waals surface area (Å²) in [6.07, 6.45) is 9.71. The molecule has 0 atom stereocenters. The van der Waals surface area contributed by atoms with Gasteiger partial charge in [-0.1, -0.05) is 12.2 Å². The number of Topliss-reactive ketones (excluding diaryl/α,β-unsaturated/α-hetero) is 1. The van der Waals surface area contributed by atoms with E-state index in [4.69, 9.17) is 4.74 Å². The molecule has 3 rings (SSSR count). The van der Waals surface area contributed by atoms with E-state index in [0.29, 0.717) is 48.7 Å². The van der Waals surface area contributed by atoms with Gasteiger partial charge >= 0.3 is 0 Å². The van der Waals surface area contributed by atoms with Crippen LogP contribution < -0.4 is 4.74 Å². The standard InChI is InChI=1S/C20H22N2O3/c1-3-25-18-11-6-12-22-19(14(2)21-20(18)22)17(24)10-5-8-15-7-4-9-16(23)13-15/h4,6-7,11-13H,3,5,8-10H2,1-2H3. The van der Waals surface area contributed by atoms with Crippen molar-refractivity contribution >= 4 is 17.2 Å². The molecular formula is C20H22N2O3. The van der Waals surface area contributed by atoms with Crippen LogP contribution in [0.4, 0.5) is 0 Å². The molecule has 0 spiro atoms. The highest BCUT2D eigenvalue weighted by atomic mass is 16.5. The van der Waals surface area contributed by atoms with Crippen LogP contribution in [0.25, 0.3) is 5.65 Å². The summed E-state index contributed by atoms with van der Waals surface area (Å²) in [5.74, 6) is 0.874. The Morgan fingerprint density at radius 3 is 3.00 bits per heavy atom. The van der Waals surface area contributed by atoms with Crippen LogP contribution in [0.5, 0.6) is 5.75 Å². The van der Waals surface area contributed by atoms with E-state index >= 15 is 0 Å². The molecule has 2 heterocycles. The number of carbonyl (C=O) groups is 2. The molecule has 0 aliphatic heterocycles. The quantitative estimate of drug-likeness (QED) is 0.720. The first-order valence-electron chi connectivity index (χ1n) is 8.63. The zero-order valence-electron chi connectivity index (χ0n) is 14.6. The molecule has 5 heteroatoms. The Hall–Kier alpha value is -2.69. The van der Waals surface area contributed by atoms with Crippen LogP contribution in [0.15, 0.2) is 42.1 Å². The van der Waals surface area contributed by atoms with Crippen LogP contribution in [-0.2, 0) is 4.79 Å². The lowest BCUT2D eigenvalue weighted by atomic mass is 9.99. The molecule has 0 fully saturated rings. The van der Waals surface area contributed by atoms with Gasteiger partial charge in [-0.15, -0.1) is 0 Å². The second kappa shape index (κ2) is 7.47. The number of hydrogen-bond acceptors (Lipinski definition) is 4. The maximum absolute atomic E-state index is 12.7. The Balaban J connectivity index is 1.74. The molecule has 0 saturated heterocycles. The van der Waals surface area contributed by atoms with Crippen molar-refractivity contribution in [1.82, 2.24) is 9.38 Å². The average molecular weight is 338 g/mol. The summed E-state index contributed by atoms with van der Waals surface area (Å²) in [5.41, 5.74) is 3.00. The first-order valence-corrected chi connectivity index (χ1v) is 8.63. The number of aryl methyl sites for hydroxylation is 1. The molecule has 0 radical (unpaired) electrons. The molecule has 0 bridgehead atoms. The fourth-order valence-corrected chi connectivity index (χ4v) is 3.13. The average Bonchev–Trinajstić information content (AvgIpc) is 2.92. The second-order valence-electron chi connectivity index (χ2n) is 6.11. The van der Waals surface area contributed by atoms with Crippen molar-refractivity contribution in [2.24, 2.45) is 0 Å². The minimum absolute atomic E-state index is 0.0605. The first kappa shape index (κ1) is 17.1. The third kappa shape index (κ3) is 3.71. The van der Waals surface area contributed by atoms with Gasteiger partial charge in [0.25, 0.3) is 0 Å². The molecule has 0 saturated carbocycles. The smallest absolute Gasteiger partial charge is 0.181 e. The van der Waals surface area contributed by atoms with Crippen molar-refractivity contribution < 1.29 is 14.3 Å². The van der Waals surface area contributed by atoms with Crippen LogP contribution in [0, 0.1) is 6.92 Å². The molecule has 0 amide bonds. The maximum Gasteiger partial charge on any atom is 0.181 e.